The van der Waals surface area contributed by atoms with Crippen molar-refractivity contribution in [2.24, 2.45) is 0 Å². The third kappa shape index (κ3) is 3.03. The fourth-order valence-electron chi connectivity index (χ4n) is 2.70. The SMILES string of the molecule is CCN(c1ccccc1C)c1cccc(OC)c1[C@@H](C)O. The number of aliphatic hydroxyl groups is 1. The van der Waals surface area contributed by atoms with Crippen LogP contribution in [0.5, 0.6) is 5.75 Å². The molecule has 3 nitrogen and oxygen atoms in total. The van der Waals surface area contributed by atoms with Gasteiger partial charge in [0, 0.05) is 17.8 Å². The lowest BCUT2D eigenvalue weighted by molar-refractivity contribution is 0.195. The van der Waals surface area contributed by atoms with Crippen molar-refractivity contribution in [2.75, 3.05) is 18.6 Å². The summed E-state index contributed by atoms with van der Waals surface area (Å²) in [7, 11) is 1.63. The van der Waals surface area contributed by atoms with Crippen LogP contribution in [0.4, 0.5) is 11.4 Å². The van der Waals surface area contributed by atoms with Crippen LogP contribution in [0.25, 0.3) is 0 Å². The molecule has 2 aromatic rings. The summed E-state index contributed by atoms with van der Waals surface area (Å²) in [5.41, 5.74) is 4.17. The molecule has 2 aromatic carbocycles. The second-order valence-corrected chi connectivity index (χ2v) is 5.10. The van der Waals surface area contributed by atoms with Gasteiger partial charge in [0.25, 0.3) is 0 Å². The van der Waals surface area contributed by atoms with Crippen molar-refractivity contribution in [2.45, 2.75) is 26.9 Å². The molecular weight excluding hydrogens is 262 g/mol. The normalized spacial score (nSPS) is 12.0. The van der Waals surface area contributed by atoms with Gasteiger partial charge in [0.1, 0.15) is 5.75 Å². The standard InChI is InChI=1S/C18H23NO2/c1-5-19(15-10-7-6-9-13(15)2)16-11-8-12-17(21-4)18(16)14(3)20/h6-12,14,20H,5H2,1-4H3/t14-/m1/s1. The van der Waals surface area contributed by atoms with Crippen LogP contribution in [0.1, 0.15) is 31.1 Å². The number of rotatable bonds is 5. The predicted molar refractivity (Wildman–Crippen MR) is 87.5 cm³/mol. The fourth-order valence-corrected chi connectivity index (χ4v) is 2.70. The zero-order chi connectivity index (χ0) is 15.4. The highest BCUT2D eigenvalue weighted by atomic mass is 16.5. The highest BCUT2D eigenvalue weighted by Gasteiger charge is 2.19. The Morgan fingerprint density at radius 3 is 2.33 bits per heavy atom. The largest absolute Gasteiger partial charge is 0.496 e. The molecule has 2 rings (SSSR count). The average molecular weight is 285 g/mol. The van der Waals surface area contributed by atoms with Crippen molar-refractivity contribution >= 4 is 11.4 Å². The van der Waals surface area contributed by atoms with Gasteiger partial charge in [0.05, 0.1) is 18.9 Å². The third-order valence-electron chi connectivity index (χ3n) is 3.69. The molecule has 0 saturated heterocycles. The summed E-state index contributed by atoms with van der Waals surface area (Å²) in [6, 6.07) is 14.1. The van der Waals surface area contributed by atoms with E-state index in [0.717, 1.165) is 29.2 Å². The van der Waals surface area contributed by atoms with E-state index < -0.39 is 6.10 Å². The van der Waals surface area contributed by atoms with Crippen LogP contribution >= 0.6 is 0 Å². The van der Waals surface area contributed by atoms with Gasteiger partial charge in [0.15, 0.2) is 0 Å². The quantitative estimate of drug-likeness (QED) is 0.893. The highest BCUT2D eigenvalue weighted by molar-refractivity contribution is 5.71. The van der Waals surface area contributed by atoms with Gasteiger partial charge in [-0.3, -0.25) is 0 Å². The molecule has 112 valence electrons. The number of hydrogen-bond donors (Lipinski definition) is 1. The van der Waals surface area contributed by atoms with E-state index >= 15 is 0 Å². The molecule has 0 bridgehead atoms. The van der Waals surface area contributed by atoms with Crippen LogP contribution in [-0.2, 0) is 0 Å². The molecule has 0 saturated carbocycles. The molecule has 0 fully saturated rings. The van der Waals surface area contributed by atoms with Crippen molar-refractivity contribution in [1.82, 2.24) is 0 Å². The minimum Gasteiger partial charge on any atom is -0.496 e. The highest BCUT2D eigenvalue weighted by Crippen LogP contribution is 2.38. The maximum Gasteiger partial charge on any atom is 0.126 e. The molecule has 1 atom stereocenters. The van der Waals surface area contributed by atoms with Gasteiger partial charge in [-0.1, -0.05) is 24.3 Å². The Morgan fingerprint density at radius 1 is 1.10 bits per heavy atom. The summed E-state index contributed by atoms with van der Waals surface area (Å²) in [5.74, 6) is 0.717. The molecule has 0 radical (unpaired) electrons. The molecule has 0 aliphatic heterocycles. The molecular formula is C18H23NO2. The van der Waals surface area contributed by atoms with Crippen LogP contribution in [0.3, 0.4) is 0 Å². The van der Waals surface area contributed by atoms with E-state index in [4.69, 9.17) is 4.74 Å². The van der Waals surface area contributed by atoms with E-state index in [2.05, 4.69) is 30.9 Å². The second kappa shape index (κ2) is 6.64. The number of methoxy groups -OCH3 is 1. The molecule has 0 spiro atoms. The number of ether oxygens (including phenoxy) is 1. The number of para-hydroxylation sites is 1. The number of aliphatic hydroxyl groups excluding tert-OH is 1. The molecule has 0 unspecified atom stereocenters. The van der Waals surface area contributed by atoms with Crippen LogP contribution in [0.2, 0.25) is 0 Å². The van der Waals surface area contributed by atoms with E-state index in [0.29, 0.717) is 0 Å². The molecule has 0 aromatic heterocycles. The first-order valence-corrected chi connectivity index (χ1v) is 7.28. The van der Waals surface area contributed by atoms with E-state index in [1.54, 1.807) is 14.0 Å². The van der Waals surface area contributed by atoms with Gasteiger partial charge in [0.2, 0.25) is 0 Å². The van der Waals surface area contributed by atoms with Crippen LogP contribution in [0, 0.1) is 6.92 Å². The minimum absolute atomic E-state index is 0.589. The Bertz CT molecular complexity index is 608. The van der Waals surface area contributed by atoms with Crippen LogP contribution < -0.4 is 9.64 Å². The fraction of sp³-hybridized carbons (Fsp3) is 0.333. The lowest BCUT2D eigenvalue weighted by atomic mass is 10.0. The Morgan fingerprint density at radius 2 is 1.76 bits per heavy atom. The maximum atomic E-state index is 10.2. The molecule has 1 N–H and O–H groups in total. The zero-order valence-electron chi connectivity index (χ0n) is 13.1. The number of nitrogens with zero attached hydrogens (tertiary/aromatic N) is 1. The van der Waals surface area contributed by atoms with Crippen molar-refractivity contribution in [1.29, 1.82) is 0 Å². The predicted octanol–water partition coefficient (Wildman–Crippen LogP) is 4.21. The monoisotopic (exact) mass is 285 g/mol. The Balaban J connectivity index is 2.61. The summed E-state index contributed by atoms with van der Waals surface area (Å²) in [6.45, 7) is 6.79. The summed E-state index contributed by atoms with van der Waals surface area (Å²) < 4.78 is 5.42. The van der Waals surface area contributed by atoms with E-state index in [1.165, 1.54) is 5.56 Å². The molecule has 0 amide bonds. The number of anilines is 2. The first-order chi connectivity index (χ1) is 10.1. The van der Waals surface area contributed by atoms with Crippen molar-refractivity contribution in [3.8, 4) is 5.75 Å². The van der Waals surface area contributed by atoms with Crippen molar-refractivity contribution in [3.63, 3.8) is 0 Å². The van der Waals surface area contributed by atoms with Gasteiger partial charge >= 0.3 is 0 Å². The minimum atomic E-state index is -0.589. The first-order valence-electron chi connectivity index (χ1n) is 7.28. The molecule has 0 aliphatic rings. The average Bonchev–Trinajstić information content (AvgIpc) is 2.49. The van der Waals surface area contributed by atoms with E-state index in [-0.39, 0.29) is 0 Å². The van der Waals surface area contributed by atoms with E-state index in [9.17, 15) is 5.11 Å². The summed E-state index contributed by atoms with van der Waals surface area (Å²) in [5, 5.41) is 10.2. The van der Waals surface area contributed by atoms with Crippen LogP contribution in [0.15, 0.2) is 42.5 Å². The zero-order valence-corrected chi connectivity index (χ0v) is 13.1. The lowest BCUT2D eigenvalue weighted by Crippen LogP contribution is -2.19. The van der Waals surface area contributed by atoms with Gasteiger partial charge in [-0.2, -0.15) is 0 Å². The molecule has 3 heteroatoms. The van der Waals surface area contributed by atoms with Crippen molar-refractivity contribution in [3.05, 3.63) is 53.6 Å². The summed E-state index contributed by atoms with van der Waals surface area (Å²) >= 11 is 0. The maximum absolute atomic E-state index is 10.2. The van der Waals surface area contributed by atoms with Gasteiger partial charge in [-0.15, -0.1) is 0 Å². The van der Waals surface area contributed by atoms with Gasteiger partial charge in [-0.05, 0) is 44.5 Å². The molecule has 0 aliphatic carbocycles. The van der Waals surface area contributed by atoms with Crippen molar-refractivity contribution < 1.29 is 9.84 Å². The van der Waals surface area contributed by atoms with Crippen LogP contribution in [-0.4, -0.2) is 18.8 Å². The topological polar surface area (TPSA) is 32.7 Å². The van der Waals surface area contributed by atoms with Gasteiger partial charge in [-0.25, -0.2) is 0 Å². The molecule has 0 heterocycles. The summed E-state index contributed by atoms with van der Waals surface area (Å²) in [4.78, 5) is 2.21. The third-order valence-corrected chi connectivity index (χ3v) is 3.69. The number of benzene rings is 2. The molecule has 21 heavy (non-hydrogen) atoms. The first kappa shape index (κ1) is 15.4. The van der Waals surface area contributed by atoms with Gasteiger partial charge < -0.3 is 14.7 Å². The number of hydrogen-bond acceptors (Lipinski definition) is 3. The Hall–Kier alpha value is -2.00. The number of aryl methyl sites for hydroxylation is 1. The summed E-state index contributed by atoms with van der Waals surface area (Å²) in [6.07, 6.45) is -0.589. The Labute approximate surface area is 126 Å². The smallest absolute Gasteiger partial charge is 0.126 e. The Kier molecular flexibility index (Phi) is 4.86. The van der Waals surface area contributed by atoms with E-state index in [1.807, 2.05) is 30.3 Å². The lowest BCUT2D eigenvalue weighted by Gasteiger charge is -2.29. The second-order valence-electron chi connectivity index (χ2n) is 5.10.